The molecule has 0 radical (unpaired) electrons. The zero-order chi connectivity index (χ0) is 15.3. The van der Waals surface area contributed by atoms with Crippen molar-refractivity contribution in [2.45, 2.75) is 33.7 Å². The van der Waals surface area contributed by atoms with Crippen LogP contribution in [0.25, 0.3) is 0 Å². The third-order valence-corrected chi connectivity index (χ3v) is 3.20. The van der Waals surface area contributed by atoms with Crippen molar-refractivity contribution in [3.05, 3.63) is 29.8 Å². The molecule has 4 nitrogen and oxygen atoms in total. The molecule has 0 spiro atoms. The van der Waals surface area contributed by atoms with Crippen molar-refractivity contribution < 1.29 is 9.90 Å². The first-order valence-corrected chi connectivity index (χ1v) is 6.96. The second-order valence-electron chi connectivity index (χ2n) is 6.56. The Labute approximate surface area is 121 Å². The number of nitrogens with two attached hydrogens (primary N) is 1. The van der Waals surface area contributed by atoms with E-state index in [1.165, 1.54) is 0 Å². The van der Waals surface area contributed by atoms with Gasteiger partial charge in [0.05, 0.1) is 5.92 Å². The van der Waals surface area contributed by atoms with E-state index in [1.54, 1.807) is 30.1 Å². The Balaban J connectivity index is 2.70. The lowest BCUT2D eigenvalue weighted by atomic mass is 9.84. The summed E-state index contributed by atoms with van der Waals surface area (Å²) in [4.78, 5) is 14.1. The Morgan fingerprint density at radius 2 is 2.05 bits per heavy atom. The van der Waals surface area contributed by atoms with Gasteiger partial charge in [-0.3, -0.25) is 4.79 Å². The summed E-state index contributed by atoms with van der Waals surface area (Å²) in [6.45, 7) is 7.17. The van der Waals surface area contributed by atoms with Gasteiger partial charge in [-0.2, -0.15) is 0 Å². The van der Waals surface area contributed by atoms with Crippen molar-refractivity contribution in [3.63, 3.8) is 0 Å². The van der Waals surface area contributed by atoms with E-state index in [4.69, 9.17) is 5.73 Å². The third kappa shape index (κ3) is 5.21. The van der Waals surface area contributed by atoms with Gasteiger partial charge in [-0.15, -0.1) is 0 Å². The van der Waals surface area contributed by atoms with Crippen LogP contribution in [-0.4, -0.2) is 29.5 Å². The fourth-order valence-electron chi connectivity index (χ4n) is 2.33. The van der Waals surface area contributed by atoms with Gasteiger partial charge >= 0.3 is 0 Å². The van der Waals surface area contributed by atoms with Crippen molar-refractivity contribution in [1.82, 2.24) is 4.90 Å². The first-order valence-electron chi connectivity index (χ1n) is 6.96. The lowest BCUT2D eigenvalue weighted by Crippen LogP contribution is -2.38. The number of phenolic OH excluding ortho intramolecular Hbond substituents is 1. The van der Waals surface area contributed by atoms with Gasteiger partial charge in [-0.05, 0) is 29.5 Å². The summed E-state index contributed by atoms with van der Waals surface area (Å²) >= 11 is 0. The quantitative estimate of drug-likeness (QED) is 0.869. The zero-order valence-electron chi connectivity index (χ0n) is 12.9. The molecule has 4 heteroatoms. The Morgan fingerprint density at radius 3 is 2.55 bits per heavy atom. The van der Waals surface area contributed by atoms with Gasteiger partial charge in [-0.1, -0.05) is 32.9 Å². The first-order chi connectivity index (χ1) is 9.23. The molecule has 3 N–H and O–H groups in total. The van der Waals surface area contributed by atoms with E-state index >= 15 is 0 Å². The van der Waals surface area contributed by atoms with Crippen LogP contribution in [0.2, 0.25) is 0 Å². The molecule has 1 amide bonds. The highest BCUT2D eigenvalue weighted by Gasteiger charge is 2.26. The van der Waals surface area contributed by atoms with Crippen molar-refractivity contribution in [1.29, 1.82) is 0 Å². The van der Waals surface area contributed by atoms with Gasteiger partial charge in [0, 0.05) is 20.1 Å². The molecule has 1 aromatic rings. The average Bonchev–Trinajstić information content (AvgIpc) is 2.34. The van der Waals surface area contributed by atoms with Crippen LogP contribution >= 0.6 is 0 Å². The Morgan fingerprint density at radius 1 is 1.40 bits per heavy atom. The third-order valence-electron chi connectivity index (χ3n) is 3.20. The molecule has 0 aliphatic rings. The number of hydrogen-bond donors (Lipinski definition) is 2. The highest BCUT2D eigenvalue weighted by molar-refractivity contribution is 5.78. The van der Waals surface area contributed by atoms with E-state index in [-0.39, 0.29) is 23.0 Å². The minimum absolute atomic E-state index is 0.0609. The maximum absolute atomic E-state index is 12.4. The highest BCUT2D eigenvalue weighted by Crippen LogP contribution is 2.25. The van der Waals surface area contributed by atoms with Crippen LogP contribution in [0, 0.1) is 11.3 Å². The smallest absolute Gasteiger partial charge is 0.227 e. The second kappa shape index (κ2) is 6.75. The topological polar surface area (TPSA) is 66.6 Å². The Bertz CT molecular complexity index is 452. The van der Waals surface area contributed by atoms with Gasteiger partial charge in [0.2, 0.25) is 5.91 Å². The summed E-state index contributed by atoms with van der Waals surface area (Å²) in [6, 6.07) is 6.96. The summed E-state index contributed by atoms with van der Waals surface area (Å²) in [7, 11) is 1.78. The van der Waals surface area contributed by atoms with Crippen LogP contribution in [0.3, 0.4) is 0 Å². The molecule has 0 aromatic heterocycles. The molecule has 1 unspecified atom stereocenters. The second-order valence-corrected chi connectivity index (χ2v) is 6.56. The number of hydrogen-bond acceptors (Lipinski definition) is 3. The Hall–Kier alpha value is -1.55. The number of phenols is 1. The van der Waals surface area contributed by atoms with Crippen molar-refractivity contribution in [2.24, 2.45) is 17.1 Å². The van der Waals surface area contributed by atoms with Crippen LogP contribution in [0.4, 0.5) is 0 Å². The van der Waals surface area contributed by atoms with Gasteiger partial charge in [0.15, 0.2) is 0 Å². The summed E-state index contributed by atoms with van der Waals surface area (Å²) < 4.78 is 0. The molecule has 0 saturated carbocycles. The van der Waals surface area contributed by atoms with Crippen molar-refractivity contribution in [2.75, 3.05) is 13.6 Å². The largest absolute Gasteiger partial charge is 0.508 e. The first kappa shape index (κ1) is 16.5. The maximum Gasteiger partial charge on any atom is 0.227 e. The van der Waals surface area contributed by atoms with E-state index in [9.17, 15) is 9.90 Å². The summed E-state index contributed by atoms with van der Waals surface area (Å²) in [5.74, 6) is 0.122. The summed E-state index contributed by atoms with van der Waals surface area (Å²) in [5, 5.41) is 9.45. The molecular weight excluding hydrogens is 252 g/mol. The normalized spacial score (nSPS) is 13.1. The lowest BCUT2D eigenvalue weighted by Gasteiger charge is -2.28. The van der Waals surface area contributed by atoms with E-state index in [1.807, 2.05) is 6.07 Å². The van der Waals surface area contributed by atoms with Crippen LogP contribution < -0.4 is 5.73 Å². The molecule has 0 saturated heterocycles. The molecule has 1 rings (SSSR count). The molecule has 0 bridgehead atoms. The molecule has 0 fully saturated rings. The van der Waals surface area contributed by atoms with Crippen molar-refractivity contribution >= 4 is 5.91 Å². The molecule has 0 aliphatic carbocycles. The van der Waals surface area contributed by atoms with Gasteiger partial charge in [0.1, 0.15) is 5.75 Å². The van der Waals surface area contributed by atoms with Gasteiger partial charge in [0.25, 0.3) is 0 Å². The fraction of sp³-hybridized carbons (Fsp3) is 0.562. The van der Waals surface area contributed by atoms with E-state index in [0.29, 0.717) is 13.1 Å². The van der Waals surface area contributed by atoms with E-state index in [2.05, 4.69) is 20.8 Å². The van der Waals surface area contributed by atoms with E-state index in [0.717, 1.165) is 12.0 Å². The number of rotatable bonds is 5. The molecule has 112 valence electrons. The van der Waals surface area contributed by atoms with Crippen LogP contribution in [-0.2, 0) is 11.3 Å². The van der Waals surface area contributed by atoms with Gasteiger partial charge in [-0.25, -0.2) is 0 Å². The summed E-state index contributed by atoms with van der Waals surface area (Å²) in [5.41, 5.74) is 6.73. The fourth-order valence-corrected chi connectivity index (χ4v) is 2.33. The number of aromatic hydroxyl groups is 1. The molecule has 1 atom stereocenters. The SMILES string of the molecule is CN(Cc1cccc(O)c1)C(=O)C(CN)CC(C)(C)C. The van der Waals surface area contributed by atoms with Crippen LogP contribution in [0.1, 0.15) is 32.8 Å². The highest BCUT2D eigenvalue weighted by atomic mass is 16.3. The predicted molar refractivity (Wildman–Crippen MR) is 81.2 cm³/mol. The number of carbonyl (C=O) groups excluding carboxylic acids is 1. The summed E-state index contributed by atoms with van der Waals surface area (Å²) in [6.07, 6.45) is 0.771. The number of amides is 1. The molecule has 0 aliphatic heterocycles. The number of nitrogens with zero attached hydrogens (tertiary/aromatic N) is 1. The predicted octanol–water partition coefficient (Wildman–Crippen LogP) is 2.36. The molecule has 20 heavy (non-hydrogen) atoms. The standard InChI is InChI=1S/C16H26N2O2/c1-16(2,3)9-13(10-17)15(20)18(4)11-12-6-5-7-14(19)8-12/h5-8,13,19H,9-11,17H2,1-4H3. The van der Waals surface area contributed by atoms with Gasteiger partial charge < -0.3 is 15.7 Å². The van der Waals surface area contributed by atoms with Crippen molar-refractivity contribution in [3.8, 4) is 5.75 Å². The molecule has 0 heterocycles. The average molecular weight is 278 g/mol. The monoisotopic (exact) mass is 278 g/mol. The van der Waals surface area contributed by atoms with Crippen LogP contribution in [0.5, 0.6) is 5.75 Å². The maximum atomic E-state index is 12.4. The molecule has 1 aromatic carbocycles. The Kier molecular flexibility index (Phi) is 5.57. The minimum Gasteiger partial charge on any atom is -0.508 e. The van der Waals surface area contributed by atoms with Crippen LogP contribution in [0.15, 0.2) is 24.3 Å². The number of benzene rings is 1. The number of carbonyl (C=O) groups is 1. The molecular formula is C16H26N2O2. The minimum atomic E-state index is -0.155. The van der Waals surface area contributed by atoms with E-state index < -0.39 is 0 Å². The zero-order valence-corrected chi connectivity index (χ0v) is 12.9. The lowest BCUT2D eigenvalue weighted by molar-refractivity contribution is -0.135.